The molecule has 3 N–H and O–H groups in total. The predicted octanol–water partition coefficient (Wildman–Crippen LogP) is 3.14. The van der Waals surface area contributed by atoms with E-state index in [2.05, 4.69) is 16.0 Å². The van der Waals surface area contributed by atoms with Crippen molar-refractivity contribution in [1.82, 2.24) is 16.0 Å². The van der Waals surface area contributed by atoms with Gasteiger partial charge in [-0.1, -0.05) is 56.3 Å². The summed E-state index contributed by atoms with van der Waals surface area (Å²) in [6, 6.07) is 16.7. The van der Waals surface area contributed by atoms with Gasteiger partial charge in [0.1, 0.15) is 0 Å². The molecular weight excluding hydrogens is 378 g/mol. The van der Waals surface area contributed by atoms with Crippen molar-refractivity contribution in [1.29, 1.82) is 0 Å². The maximum atomic E-state index is 12.7. The second kappa shape index (κ2) is 11.1. The summed E-state index contributed by atoms with van der Waals surface area (Å²) in [6.45, 7) is 7.53. The van der Waals surface area contributed by atoms with E-state index in [-0.39, 0.29) is 42.6 Å². The largest absolute Gasteiger partial charge is 0.354 e. The summed E-state index contributed by atoms with van der Waals surface area (Å²) >= 11 is 0. The second-order valence-electron chi connectivity index (χ2n) is 7.94. The monoisotopic (exact) mass is 409 g/mol. The SMILES string of the molecule is CC(C)NC(=O)CC(CNC(=O)C(C)C)NC(=O)c1ccc(-c2ccccc2)cc1. The third-order valence-corrected chi connectivity index (χ3v) is 4.52. The molecule has 0 heterocycles. The molecule has 0 radical (unpaired) electrons. The number of hydrogen-bond acceptors (Lipinski definition) is 3. The molecular formula is C24H31N3O3. The Hall–Kier alpha value is -3.15. The Morgan fingerprint density at radius 1 is 0.800 bits per heavy atom. The van der Waals surface area contributed by atoms with Crippen molar-refractivity contribution < 1.29 is 14.4 Å². The molecule has 1 atom stereocenters. The average molecular weight is 410 g/mol. The lowest BCUT2D eigenvalue weighted by molar-refractivity contribution is -0.125. The first-order chi connectivity index (χ1) is 14.3. The van der Waals surface area contributed by atoms with Crippen molar-refractivity contribution in [3.63, 3.8) is 0 Å². The van der Waals surface area contributed by atoms with Crippen LogP contribution in [-0.2, 0) is 9.59 Å². The van der Waals surface area contributed by atoms with Gasteiger partial charge in [-0.15, -0.1) is 0 Å². The zero-order valence-electron chi connectivity index (χ0n) is 18.1. The topological polar surface area (TPSA) is 87.3 Å². The lowest BCUT2D eigenvalue weighted by Crippen LogP contribution is -2.47. The summed E-state index contributed by atoms with van der Waals surface area (Å²) in [5, 5.41) is 8.49. The van der Waals surface area contributed by atoms with Gasteiger partial charge in [0.15, 0.2) is 0 Å². The van der Waals surface area contributed by atoms with Crippen LogP contribution in [0.1, 0.15) is 44.5 Å². The summed E-state index contributed by atoms with van der Waals surface area (Å²) in [6.07, 6.45) is 0.0877. The predicted molar refractivity (Wildman–Crippen MR) is 119 cm³/mol. The summed E-state index contributed by atoms with van der Waals surface area (Å²) in [5.74, 6) is -0.744. The van der Waals surface area contributed by atoms with Crippen LogP contribution in [0.25, 0.3) is 11.1 Å². The fourth-order valence-electron chi connectivity index (χ4n) is 2.92. The molecule has 0 aliphatic rings. The fourth-order valence-corrected chi connectivity index (χ4v) is 2.92. The maximum absolute atomic E-state index is 12.7. The normalized spacial score (nSPS) is 11.8. The zero-order chi connectivity index (χ0) is 22.1. The molecule has 1 unspecified atom stereocenters. The molecule has 2 aromatic carbocycles. The standard InChI is InChI=1S/C24H31N3O3/c1-16(2)23(29)25-15-21(14-22(28)26-17(3)4)27-24(30)20-12-10-19(11-13-20)18-8-6-5-7-9-18/h5-13,16-17,21H,14-15H2,1-4H3,(H,25,29)(H,26,28)(H,27,30). The van der Waals surface area contributed by atoms with E-state index in [9.17, 15) is 14.4 Å². The van der Waals surface area contributed by atoms with Crippen LogP contribution in [0, 0.1) is 5.92 Å². The van der Waals surface area contributed by atoms with E-state index in [1.54, 1.807) is 26.0 Å². The molecule has 0 aliphatic carbocycles. The maximum Gasteiger partial charge on any atom is 0.251 e. The van der Waals surface area contributed by atoms with Crippen LogP contribution in [0.3, 0.4) is 0 Å². The van der Waals surface area contributed by atoms with Gasteiger partial charge in [-0.05, 0) is 37.1 Å². The molecule has 2 aromatic rings. The molecule has 30 heavy (non-hydrogen) atoms. The van der Waals surface area contributed by atoms with Gasteiger partial charge in [0.25, 0.3) is 5.91 Å². The van der Waals surface area contributed by atoms with Crippen LogP contribution >= 0.6 is 0 Å². The van der Waals surface area contributed by atoms with Crippen LogP contribution < -0.4 is 16.0 Å². The van der Waals surface area contributed by atoms with Crippen molar-refractivity contribution in [2.24, 2.45) is 5.92 Å². The number of carbonyl (C=O) groups excluding carboxylic acids is 3. The number of nitrogens with one attached hydrogen (secondary N) is 3. The number of amides is 3. The number of benzene rings is 2. The van der Waals surface area contributed by atoms with E-state index in [4.69, 9.17) is 0 Å². The van der Waals surface area contributed by atoms with Crippen LogP contribution in [0.5, 0.6) is 0 Å². The lowest BCUT2D eigenvalue weighted by atomic mass is 10.0. The van der Waals surface area contributed by atoms with Gasteiger partial charge >= 0.3 is 0 Å². The highest BCUT2D eigenvalue weighted by Crippen LogP contribution is 2.19. The van der Waals surface area contributed by atoms with Crippen molar-refractivity contribution in [3.05, 3.63) is 60.2 Å². The van der Waals surface area contributed by atoms with Crippen LogP contribution in [0.2, 0.25) is 0 Å². The Morgan fingerprint density at radius 3 is 1.97 bits per heavy atom. The number of carbonyl (C=O) groups is 3. The minimum absolute atomic E-state index is 0.00429. The molecule has 0 aromatic heterocycles. The quantitative estimate of drug-likeness (QED) is 0.595. The van der Waals surface area contributed by atoms with Crippen molar-refractivity contribution in [3.8, 4) is 11.1 Å². The summed E-state index contributed by atoms with van der Waals surface area (Å²) in [5.41, 5.74) is 2.59. The van der Waals surface area contributed by atoms with E-state index >= 15 is 0 Å². The highest BCUT2D eigenvalue weighted by molar-refractivity contribution is 5.95. The third kappa shape index (κ3) is 7.35. The minimum Gasteiger partial charge on any atom is -0.354 e. The van der Waals surface area contributed by atoms with Crippen molar-refractivity contribution in [2.45, 2.75) is 46.2 Å². The average Bonchev–Trinajstić information content (AvgIpc) is 2.71. The van der Waals surface area contributed by atoms with Gasteiger partial charge in [0.05, 0.1) is 6.04 Å². The van der Waals surface area contributed by atoms with E-state index in [1.165, 1.54) is 0 Å². The van der Waals surface area contributed by atoms with Gasteiger partial charge < -0.3 is 16.0 Å². The first-order valence-corrected chi connectivity index (χ1v) is 10.3. The van der Waals surface area contributed by atoms with Gasteiger partial charge in [-0.2, -0.15) is 0 Å². The Kier molecular flexibility index (Phi) is 8.59. The van der Waals surface area contributed by atoms with Gasteiger partial charge in [-0.25, -0.2) is 0 Å². The molecule has 6 heteroatoms. The highest BCUT2D eigenvalue weighted by atomic mass is 16.2. The Morgan fingerprint density at radius 2 is 1.40 bits per heavy atom. The molecule has 0 spiro atoms. The zero-order valence-corrected chi connectivity index (χ0v) is 18.1. The van der Waals surface area contributed by atoms with Crippen LogP contribution in [-0.4, -0.2) is 36.3 Å². The highest BCUT2D eigenvalue weighted by Gasteiger charge is 2.19. The molecule has 0 saturated heterocycles. The third-order valence-electron chi connectivity index (χ3n) is 4.52. The van der Waals surface area contributed by atoms with Crippen LogP contribution in [0.15, 0.2) is 54.6 Å². The van der Waals surface area contributed by atoms with E-state index in [0.29, 0.717) is 5.56 Å². The molecule has 160 valence electrons. The lowest BCUT2D eigenvalue weighted by Gasteiger charge is -2.20. The fraction of sp³-hybridized carbons (Fsp3) is 0.375. The van der Waals surface area contributed by atoms with E-state index in [0.717, 1.165) is 11.1 Å². The second-order valence-corrected chi connectivity index (χ2v) is 7.94. The number of rotatable bonds is 9. The Balaban J connectivity index is 2.05. The molecule has 0 saturated carbocycles. The van der Waals surface area contributed by atoms with Crippen molar-refractivity contribution in [2.75, 3.05) is 6.54 Å². The first kappa shape index (κ1) is 23.1. The molecule has 0 fully saturated rings. The van der Waals surface area contributed by atoms with E-state index < -0.39 is 6.04 Å². The molecule has 2 rings (SSSR count). The smallest absolute Gasteiger partial charge is 0.251 e. The Bertz CT molecular complexity index is 846. The van der Waals surface area contributed by atoms with Crippen LogP contribution in [0.4, 0.5) is 0 Å². The number of hydrogen-bond donors (Lipinski definition) is 3. The molecule has 0 bridgehead atoms. The summed E-state index contributed by atoms with van der Waals surface area (Å²) in [7, 11) is 0. The minimum atomic E-state index is -0.507. The Labute approximate surface area is 178 Å². The van der Waals surface area contributed by atoms with Gasteiger partial charge in [0.2, 0.25) is 11.8 Å². The summed E-state index contributed by atoms with van der Waals surface area (Å²) < 4.78 is 0. The molecule has 3 amide bonds. The molecule has 6 nitrogen and oxygen atoms in total. The van der Waals surface area contributed by atoms with Crippen molar-refractivity contribution >= 4 is 17.7 Å². The van der Waals surface area contributed by atoms with Gasteiger partial charge in [0, 0.05) is 30.5 Å². The van der Waals surface area contributed by atoms with E-state index in [1.807, 2.05) is 56.3 Å². The van der Waals surface area contributed by atoms with Gasteiger partial charge in [-0.3, -0.25) is 14.4 Å². The first-order valence-electron chi connectivity index (χ1n) is 10.3. The molecule has 0 aliphatic heterocycles. The summed E-state index contributed by atoms with van der Waals surface area (Å²) in [4.78, 5) is 36.8.